The fourth-order valence-electron chi connectivity index (χ4n) is 1.40. The second kappa shape index (κ2) is 3.14. The van der Waals surface area contributed by atoms with Crippen LogP contribution in [0.15, 0.2) is 0 Å². The first-order valence-electron chi connectivity index (χ1n) is 3.96. The van der Waals surface area contributed by atoms with Crippen molar-refractivity contribution >= 4 is 15.6 Å². The van der Waals surface area contributed by atoms with Crippen LogP contribution in [0.1, 0.15) is 19.8 Å². The first-order chi connectivity index (χ1) is 5.45. The normalized spacial score (nSPS) is 30.0. The van der Waals surface area contributed by atoms with E-state index in [1.807, 2.05) is 0 Å². The predicted molar refractivity (Wildman–Crippen MR) is 45.5 cm³/mol. The molecule has 70 valence electrons. The van der Waals surface area contributed by atoms with Gasteiger partial charge in [0.25, 0.3) is 0 Å². The van der Waals surface area contributed by atoms with Crippen LogP contribution >= 0.6 is 0 Å². The summed E-state index contributed by atoms with van der Waals surface area (Å²) in [6, 6.07) is -0.664. The molecule has 1 aliphatic rings. The number of ketones is 1. The molecular formula is C7H13NO3S. The van der Waals surface area contributed by atoms with E-state index in [2.05, 4.69) is 0 Å². The van der Waals surface area contributed by atoms with Gasteiger partial charge >= 0.3 is 0 Å². The van der Waals surface area contributed by atoms with Crippen molar-refractivity contribution in [1.82, 2.24) is 0 Å². The number of rotatable bonds is 2. The Morgan fingerprint density at radius 3 is 2.50 bits per heavy atom. The highest BCUT2D eigenvalue weighted by Crippen LogP contribution is 2.21. The number of nitrogens with two attached hydrogens (primary N) is 1. The van der Waals surface area contributed by atoms with Crippen LogP contribution in [0.5, 0.6) is 0 Å². The second-order valence-corrected chi connectivity index (χ2v) is 5.49. The van der Waals surface area contributed by atoms with Crippen LogP contribution in [0.3, 0.4) is 0 Å². The number of Topliss-reactive ketones (excluding diaryl/α,β-unsaturated/α-hetero) is 1. The Morgan fingerprint density at radius 2 is 2.17 bits per heavy atom. The van der Waals surface area contributed by atoms with Crippen molar-refractivity contribution < 1.29 is 13.2 Å². The molecule has 0 spiro atoms. The first-order valence-corrected chi connectivity index (χ1v) is 5.67. The molecule has 0 aliphatic carbocycles. The van der Waals surface area contributed by atoms with Gasteiger partial charge < -0.3 is 5.73 Å². The van der Waals surface area contributed by atoms with E-state index in [1.165, 1.54) is 6.92 Å². The van der Waals surface area contributed by atoms with Crippen LogP contribution in [-0.4, -0.2) is 31.2 Å². The minimum atomic E-state index is -3.16. The molecule has 2 unspecified atom stereocenters. The third kappa shape index (κ3) is 1.67. The van der Waals surface area contributed by atoms with E-state index < -0.39 is 21.1 Å². The van der Waals surface area contributed by atoms with Crippen molar-refractivity contribution in [3.05, 3.63) is 0 Å². The maximum absolute atomic E-state index is 11.3. The minimum Gasteiger partial charge on any atom is -0.322 e. The molecular weight excluding hydrogens is 178 g/mol. The van der Waals surface area contributed by atoms with E-state index in [0.29, 0.717) is 12.8 Å². The summed E-state index contributed by atoms with van der Waals surface area (Å²) in [6.07, 6.45) is 1.04. The Morgan fingerprint density at radius 1 is 1.58 bits per heavy atom. The summed E-state index contributed by atoms with van der Waals surface area (Å²) in [6.45, 7) is 1.52. The quantitative estimate of drug-likeness (QED) is 0.637. The zero-order valence-electron chi connectivity index (χ0n) is 6.99. The molecule has 0 aromatic carbocycles. The minimum absolute atomic E-state index is 0.135. The molecule has 2 atom stereocenters. The summed E-state index contributed by atoms with van der Waals surface area (Å²) >= 11 is 0. The molecule has 4 nitrogen and oxygen atoms in total. The van der Waals surface area contributed by atoms with Gasteiger partial charge in [-0.1, -0.05) is 0 Å². The third-order valence-electron chi connectivity index (χ3n) is 2.09. The van der Waals surface area contributed by atoms with Crippen LogP contribution in [0.2, 0.25) is 0 Å². The maximum Gasteiger partial charge on any atom is 0.167 e. The molecule has 0 amide bonds. The summed E-state index contributed by atoms with van der Waals surface area (Å²) in [5.41, 5.74) is 5.32. The van der Waals surface area contributed by atoms with E-state index in [1.54, 1.807) is 0 Å². The van der Waals surface area contributed by atoms with Crippen LogP contribution in [0.25, 0.3) is 0 Å². The monoisotopic (exact) mass is 191 g/mol. The summed E-state index contributed by atoms with van der Waals surface area (Å²) in [4.78, 5) is 11.3. The SMILES string of the molecule is CC(N)C(=O)C1CCCS1(=O)=O. The number of hydrogen-bond acceptors (Lipinski definition) is 4. The Kier molecular flexibility index (Phi) is 2.53. The summed E-state index contributed by atoms with van der Waals surface area (Å²) in [5.74, 6) is -0.205. The van der Waals surface area contributed by atoms with Gasteiger partial charge in [-0.2, -0.15) is 0 Å². The molecule has 1 fully saturated rings. The van der Waals surface area contributed by atoms with Gasteiger partial charge in [0, 0.05) is 0 Å². The van der Waals surface area contributed by atoms with Crippen LogP contribution in [0, 0.1) is 0 Å². The lowest BCUT2D eigenvalue weighted by Crippen LogP contribution is -2.38. The molecule has 1 saturated heterocycles. The van der Waals surface area contributed by atoms with E-state index in [4.69, 9.17) is 5.73 Å². The zero-order chi connectivity index (χ0) is 9.35. The zero-order valence-corrected chi connectivity index (χ0v) is 7.80. The molecule has 0 aromatic rings. The van der Waals surface area contributed by atoms with Gasteiger partial charge in [-0.3, -0.25) is 4.79 Å². The van der Waals surface area contributed by atoms with Gasteiger partial charge in [-0.05, 0) is 19.8 Å². The van der Waals surface area contributed by atoms with Crippen molar-refractivity contribution in [3.8, 4) is 0 Å². The average molecular weight is 191 g/mol. The number of hydrogen-bond donors (Lipinski definition) is 1. The molecule has 12 heavy (non-hydrogen) atoms. The van der Waals surface area contributed by atoms with Gasteiger partial charge in [0.1, 0.15) is 5.25 Å². The van der Waals surface area contributed by atoms with Gasteiger partial charge in [0.2, 0.25) is 0 Å². The molecule has 0 aromatic heterocycles. The van der Waals surface area contributed by atoms with E-state index >= 15 is 0 Å². The van der Waals surface area contributed by atoms with Crippen LogP contribution in [-0.2, 0) is 14.6 Å². The largest absolute Gasteiger partial charge is 0.322 e. The van der Waals surface area contributed by atoms with Crippen LogP contribution < -0.4 is 5.73 Å². The number of sulfone groups is 1. The van der Waals surface area contributed by atoms with Crippen molar-refractivity contribution in [2.75, 3.05) is 5.75 Å². The van der Waals surface area contributed by atoms with Gasteiger partial charge in [-0.15, -0.1) is 0 Å². The second-order valence-electron chi connectivity index (χ2n) is 3.19. The average Bonchev–Trinajstić information content (AvgIpc) is 2.27. The summed E-state index contributed by atoms with van der Waals surface area (Å²) in [7, 11) is -3.16. The van der Waals surface area contributed by atoms with Crippen molar-refractivity contribution in [2.24, 2.45) is 5.73 Å². The van der Waals surface area contributed by atoms with Crippen molar-refractivity contribution in [1.29, 1.82) is 0 Å². The molecule has 0 saturated carbocycles. The fourth-order valence-corrected chi connectivity index (χ4v) is 3.35. The van der Waals surface area contributed by atoms with E-state index in [0.717, 1.165) is 0 Å². The number of carbonyl (C=O) groups excluding carboxylic acids is 1. The highest BCUT2D eigenvalue weighted by atomic mass is 32.2. The Bertz CT molecular complexity index is 281. The van der Waals surface area contributed by atoms with Gasteiger partial charge in [0.05, 0.1) is 11.8 Å². The third-order valence-corrected chi connectivity index (χ3v) is 4.29. The first kappa shape index (κ1) is 9.67. The highest BCUT2D eigenvalue weighted by molar-refractivity contribution is 7.93. The molecule has 2 N–H and O–H groups in total. The highest BCUT2D eigenvalue weighted by Gasteiger charge is 2.37. The standard InChI is InChI=1S/C7H13NO3S/c1-5(8)7(9)6-3-2-4-12(6,10)11/h5-6H,2-4,8H2,1H3. The Balaban J connectivity index is 2.84. The molecule has 1 rings (SSSR count). The Hall–Kier alpha value is -0.420. The molecule has 5 heteroatoms. The van der Waals surface area contributed by atoms with Crippen molar-refractivity contribution in [2.45, 2.75) is 31.1 Å². The predicted octanol–water partition coefficient (Wildman–Crippen LogP) is -0.520. The van der Waals surface area contributed by atoms with Crippen LogP contribution in [0.4, 0.5) is 0 Å². The molecule has 1 heterocycles. The van der Waals surface area contributed by atoms with Gasteiger partial charge in [-0.25, -0.2) is 8.42 Å². The summed E-state index contributed by atoms with van der Waals surface area (Å²) in [5, 5.41) is -0.822. The lowest BCUT2D eigenvalue weighted by molar-refractivity contribution is -0.119. The lowest BCUT2D eigenvalue weighted by atomic mass is 10.1. The van der Waals surface area contributed by atoms with Gasteiger partial charge in [0.15, 0.2) is 15.6 Å². The van der Waals surface area contributed by atoms with E-state index in [9.17, 15) is 13.2 Å². The summed E-state index contributed by atoms with van der Waals surface area (Å²) < 4.78 is 22.5. The number of carbonyl (C=O) groups is 1. The maximum atomic E-state index is 11.3. The van der Waals surface area contributed by atoms with Crippen molar-refractivity contribution in [3.63, 3.8) is 0 Å². The fraction of sp³-hybridized carbons (Fsp3) is 0.857. The lowest BCUT2D eigenvalue weighted by Gasteiger charge is -2.09. The smallest absolute Gasteiger partial charge is 0.167 e. The topological polar surface area (TPSA) is 77.2 Å². The van der Waals surface area contributed by atoms with E-state index in [-0.39, 0.29) is 11.5 Å². The molecule has 0 bridgehead atoms. The molecule has 1 aliphatic heterocycles. The Labute approximate surface area is 72.0 Å². The molecule has 0 radical (unpaired) electrons.